The fraction of sp³-hybridized carbons (Fsp3) is 0.423. The van der Waals surface area contributed by atoms with E-state index in [-0.39, 0.29) is 22.7 Å². The minimum absolute atomic E-state index is 0.142. The van der Waals surface area contributed by atoms with Gasteiger partial charge < -0.3 is 10.1 Å². The van der Waals surface area contributed by atoms with Crippen LogP contribution in [0.4, 0.5) is 19.0 Å². The second-order valence-electron chi connectivity index (χ2n) is 9.48. The highest BCUT2D eigenvalue weighted by Crippen LogP contribution is 2.36. The van der Waals surface area contributed by atoms with E-state index in [0.29, 0.717) is 6.42 Å². The topological polar surface area (TPSA) is 103 Å². The van der Waals surface area contributed by atoms with Crippen LogP contribution in [-0.4, -0.2) is 33.5 Å². The van der Waals surface area contributed by atoms with Crippen molar-refractivity contribution >= 4 is 28.6 Å². The monoisotopic (exact) mass is 516 g/mol. The van der Waals surface area contributed by atoms with E-state index in [1.54, 1.807) is 6.92 Å². The fourth-order valence-corrected chi connectivity index (χ4v) is 4.94. The molecule has 11 heteroatoms. The number of fused-ring (bicyclic) bond motifs is 1. The van der Waals surface area contributed by atoms with Gasteiger partial charge in [-0.25, -0.2) is 14.8 Å². The van der Waals surface area contributed by atoms with Crippen molar-refractivity contribution in [1.82, 2.24) is 14.5 Å². The summed E-state index contributed by atoms with van der Waals surface area (Å²) >= 11 is 0. The Bertz CT molecular complexity index is 1360. The molecule has 0 bridgehead atoms. The van der Waals surface area contributed by atoms with E-state index in [1.165, 1.54) is 31.5 Å². The van der Waals surface area contributed by atoms with E-state index < -0.39 is 40.2 Å². The largest absolute Gasteiger partial charge is 0.465 e. The van der Waals surface area contributed by atoms with Crippen molar-refractivity contribution in [2.24, 2.45) is 5.92 Å². The van der Waals surface area contributed by atoms with E-state index in [4.69, 9.17) is 0 Å². The van der Waals surface area contributed by atoms with Crippen molar-refractivity contribution in [2.45, 2.75) is 57.2 Å². The van der Waals surface area contributed by atoms with Gasteiger partial charge in [-0.15, -0.1) is 0 Å². The number of carbonyl (C=O) groups excluding carboxylic acids is 2. The second-order valence-corrected chi connectivity index (χ2v) is 9.48. The Balaban J connectivity index is 1.76. The summed E-state index contributed by atoms with van der Waals surface area (Å²) in [6, 6.07) is 6.18. The maximum atomic E-state index is 13.7. The van der Waals surface area contributed by atoms with Gasteiger partial charge in [0.15, 0.2) is 0 Å². The van der Waals surface area contributed by atoms with Gasteiger partial charge in [-0.05, 0) is 43.5 Å². The van der Waals surface area contributed by atoms with Crippen LogP contribution >= 0.6 is 0 Å². The number of pyridine rings is 1. The molecule has 1 unspecified atom stereocenters. The van der Waals surface area contributed by atoms with E-state index in [0.717, 1.165) is 55.1 Å². The van der Waals surface area contributed by atoms with Gasteiger partial charge in [0.25, 0.3) is 11.5 Å². The number of alkyl halides is 3. The van der Waals surface area contributed by atoms with Crippen LogP contribution in [0.3, 0.4) is 0 Å². The number of benzene rings is 1. The molecule has 1 aromatic carbocycles. The summed E-state index contributed by atoms with van der Waals surface area (Å²) in [6.45, 7) is 1.59. The zero-order valence-corrected chi connectivity index (χ0v) is 20.5. The number of rotatable bonds is 6. The highest BCUT2D eigenvalue weighted by molar-refractivity contribution is 5.96. The van der Waals surface area contributed by atoms with Crippen molar-refractivity contribution in [3.05, 3.63) is 64.3 Å². The number of amides is 1. The van der Waals surface area contributed by atoms with Gasteiger partial charge >= 0.3 is 12.1 Å². The Morgan fingerprint density at radius 3 is 2.46 bits per heavy atom. The first-order valence-electron chi connectivity index (χ1n) is 12.0. The molecular formula is C26H27F3N4O4. The van der Waals surface area contributed by atoms with Gasteiger partial charge in [0.05, 0.1) is 35.5 Å². The molecule has 1 atom stereocenters. The van der Waals surface area contributed by atoms with Crippen LogP contribution in [0.1, 0.15) is 61.4 Å². The van der Waals surface area contributed by atoms with Crippen LogP contribution < -0.4 is 10.9 Å². The number of hydrogen-bond donors (Lipinski definition) is 1. The zero-order chi connectivity index (χ0) is 26.8. The van der Waals surface area contributed by atoms with Crippen LogP contribution in [0, 0.1) is 5.92 Å². The number of aromatic nitrogens is 3. The highest BCUT2D eigenvalue weighted by atomic mass is 19.4. The van der Waals surface area contributed by atoms with Crippen LogP contribution in [0.2, 0.25) is 0 Å². The molecule has 3 aromatic rings. The molecule has 0 radical (unpaired) electrons. The molecule has 0 aliphatic heterocycles. The van der Waals surface area contributed by atoms with E-state index in [1.807, 2.05) is 0 Å². The van der Waals surface area contributed by atoms with Gasteiger partial charge in [-0.3, -0.25) is 14.2 Å². The summed E-state index contributed by atoms with van der Waals surface area (Å²) in [6.07, 6.45) is 2.73. The smallest absolute Gasteiger partial charge is 0.418 e. The van der Waals surface area contributed by atoms with Crippen LogP contribution in [0.25, 0.3) is 10.9 Å². The summed E-state index contributed by atoms with van der Waals surface area (Å²) in [5, 5.41) is 2.47. The predicted molar refractivity (Wildman–Crippen MR) is 130 cm³/mol. The number of esters is 1. The van der Waals surface area contributed by atoms with Gasteiger partial charge in [0.1, 0.15) is 11.4 Å². The Morgan fingerprint density at radius 1 is 1.11 bits per heavy atom. The molecule has 0 saturated heterocycles. The standard InChI is InChI=1S/C26H27F3N4O4/c1-25(13-16-7-4-3-5-8-16,24(36)32-20-12-11-17(14-30-20)23(35)37-2)33-15-31-21-18(22(33)34)9-6-10-19(21)26(27,28)29/h6,9-12,14-16H,3-5,7-8,13H2,1-2H3,(H,30,32,36). The lowest BCUT2D eigenvalue weighted by molar-refractivity contribution is -0.136. The Labute approximate surface area is 210 Å². The third kappa shape index (κ3) is 5.35. The number of methoxy groups -OCH3 is 1. The lowest BCUT2D eigenvalue weighted by atomic mass is 9.79. The average Bonchev–Trinajstić information content (AvgIpc) is 2.88. The molecule has 1 amide bonds. The van der Waals surface area contributed by atoms with Gasteiger partial charge in [-0.2, -0.15) is 13.2 Å². The number of ether oxygens (including phenoxy) is 1. The first kappa shape index (κ1) is 26.3. The average molecular weight is 517 g/mol. The maximum absolute atomic E-state index is 13.7. The van der Waals surface area contributed by atoms with Crippen molar-refractivity contribution in [3.8, 4) is 0 Å². The molecular weight excluding hydrogens is 489 g/mol. The van der Waals surface area contributed by atoms with E-state index >= 15 is 0 Å². The Morgan fingerprint density at radius 2 is 1.84 bits per heavy atom. The predicted octanol–water partition coefficient (Wildman–Crippen LogP) is 4.92. The van der Waals surface area contributed by atoms with Gasteiger partial charge in [-0.1, -0.05) is 38.2 Å². The number of nitrogens with zero attached hydrogens (tertiary/aromatic N) is 3. The normalized spacial score (nSPS) is 16.2. The van der Waals surface area contributed by atoms with Crippen LogP contribution in [0.15, 0.2) is 47.7 Å². The molecule has 8 nitrogen and oxygen atoms in total. The molecule has 1 N–H and O–H groups in total. The summed E-state index contributed by atoms with van der Waals surface area (Å²) in [5.41, 5.74) is -3.48. The van der Waals surface area contributed by atoms with E-state index in [2.05, 4.69) is 20.0 Å². The first-order chi connectivity index (χ1) is 17.5. The summed E-state index contributed by atoms with van der Waals surface area (Å²) in [5.74, 6) is -0.858. The van der Waals surface area contributed by atoms with Crippen molar-refractivity contribution in [2.75, 3.05) is 12.4 Å². The lowest BCUT2D eigenvalue weighted by Crippen LogP contribution is -2.49. The van der Waals surface area contributed by atoms with Crippen molar-refractivity contribution in [3.63, 3.8) is 0 Å². The molecule has 1 fully saturated rings. The first-order valence-corrected chi connectivity index (χ1v) is 12.0. The molecule has 4 rings (SSSR count). The molecule has 2 aromatic heterocycles. The summed E-state index contributed by atoms with van der Waals surface area (Å²) in [4.78, 5) is 47.0. The van der Waals surface area contributed by atoms with Crippen LogP contribution in [0.5, 0.6) is 0 Å². The van der Waals surface area contributed by atoms with E-state index in [9.17, 15) is 27.6 Å². The molecule has 1 aliphatic carbocycles. The number of halogens is 3. The number of anilines is 1. The quantitative estimate of drug-likeness (QED) is 0.467. The summed E-state index contributed by atoms with van der Waals surface area (Å²) < 4.78 is 46.3. The molecule has 1 aliphatic rings. The zero-order valence-electron chi connectivity index (χ0n) is 20.5. The minimum Gasteiger partial charge on any atom is -0.465 e. The third-order valence-electron chi connectivity index (χ3n) is 6.95. The number of nitrogens with one attached hydrogen (secondary N) is 1. The second kappa shape index (κ2) is 10.3. The lowest BCUT2D eigenvalue weighted by Gasteiger charge is -2.35. The van der Waals surface area contributed by atoms with Crippen molar-refractivity contribution < 1.29 is 27.5 Å². The number of carbonyl (C=O) groups is 2. The SMILES string of the molecule is COC(=O)c1ccc(NC(=O)C(C)(CC2CCCCC2)n2cnc3c(C(F)(F)F)cccc3c2=O)nc1. The fourth-order valence-electron chi connectivity index (χ4n) is 4.94. The van der Waals surface area contributed by atoms with Gasteiger partial charge in [0, 0.05) is 6.20 Å². The molecule has 2 heterocycles. The summed E-state index contributed by atoms with van der Waals surface area (Å²) in [7, 11) is 1.24. The molecule has 37 heavy (non-hydrogen) atoms. The number of hydrogen-bond acceptors (Lipinski definition) is 6. The van der Waals surface area contributed by atoms with Crippen LogP contribution in [-0.2, 0) is 21.2 Å². The van der Waals surface area contributed by atoms with Crippen molar-refractivity contribution in [1.29, 1.82) is 0 Å². The molecule has 196 valence electrons. The highest BCUT2D eigenvalue weighted by Gasteiger charge is 2.40. The minimum atomic E-state index is -4.68. The third-order valence-corrected chi connectivity index (χ3v) is 6.95. The number of para-hydroxylation sites is 1. The Hall–Kier alpha value is -3.76. The molecule has 0 spiro atoms. The molecule has 1 saturated carbocycles. The Kier molecular flexibility index (Phi) is 7.33. The van der Waals surface area contributed by atoms with Gasteiger partial charge in [0.2, 0.25) is 0 Å². The maximum Gasteiger partial charge on any atom is 0.418 e.